The normalized spacial score (nSPS) is 20.2. The van der Waals surface area contributed by atoms with Crippen molar-refractivity contribution in [3.63, 3.8) is 0 Å². The number of ether oxygens (including phenoxy) is 1. The summed E-state index contributed by atoms with van der Waals surface area (Å²) >= 11 is 0. The molecule has 0 bridgehead atoms. The Hall–Kier alpha value is -1.44. The van der Waals surface area contributed by atoms with Crippen LogP contribution < -0.4 is 5.32 Å². The third kappa shape index (κ3) is 3.52. The summed E-state index contributed by atoms with van der Waals surface area (Å²) in [5.41, 5.74) is 2.60. The molecule has 2 rings (SSSR count). The smallest absolute Gasteiger partial charge is 0.115 e. The van der Waals surface area contributed by atoms with Gasteiger partial charge in [-0.15, -0.1) is 0 Å². The van der Waals surface area contributed by atoms with Gasteiger partial charge in [0.2, 0.25) is 0 Å². The molecule has 2 unspecified atom stereocenters. The van der Waals surface area contributed by atoms with E-state index in [0.717, 1.165) is 19.4 Å². The molecule has 1 heterocycles. The zero-order chi connectivity index (χ0) is 12.8. The van der Waals surface area contributed by atoms with Gasteiger partial charge in [0, 0.05) is 5.69 Å². The maximum Gasteiger partial charge on any atom is 0.115 e. The lowest BCUT2D eigenvalue weighted by Gasteiger charge is -2.20. The van der Waals surface area contributed by atoms with Crippen LogP contribution in [0.1, 0.15) is 44.6 Å². The minimum Gasteiger partial charge on any atom is -0.497 e. The Balaban J connectivity index is 1.84. The summed E-state index contributed by atoms with van der Waals surface area (Å²) in [7, 11) is 0. The molecule has 0 radical (unpaired) electrons. The Morgan fingerprint density at radius 2 is 2.11 bits per heavy atom. The Labute approximate surface area is 110 Å². The highest BCUT2D eigenvalue weighted by Crippen LogP contribution is 2.20. The van der Waals surface area contributed by atoms with Crippen molar-refractivity contribution in [3.8, 4) is 0 Å². The van der Waals surface area contributed by atoms with Crippen molar-refractivity contribution < 1.29 is 4.74 Å². The molecule has 1 aromatic carbocycles. The van der Waals surface area contributed by atoms with E-state index in [2.05, 4.69) is 49.5 Å². The zero-order valence-electron chi connectivity index (χ0n) is 11.4. The van der Waals surface area contributed by atoms with Gasteiger partial charge in [0.1, 0.15) is 6.10 Å². The SMILES string of the molecule is CCC(C)c1ccc(NCC2CCC=CO2)cc1. The molecule has 1 aromatic rings. The standard InChI is InChI=1S/C16H23NO/c1-3-13(2)14-7-9-15(10-8-14)17-12-16-6-4-5-11-18-16/h5,7-11,13,16-17H,3-4,6,12H2,1-2H3. The van der Waals surface area contributed by atoms with Gasteiger partial charge in [-0.25, -0.2) is 0 Å². The fraction of sp³-hybridized carbons (Fsp3) is 0.500. The first kappa shape index (κ1) is 13.0. The molecule has 0 aromatic heterocycles. The van der Waals surface area contributed by atoms with Gasteiger partial charge in [0.05, 0.1) is 12.8 Å². The molecule has 2 atom stereocenters. The quantitative estimate of drug-likeness (QED) is 0.835. The number of nitrogens with one attached hydrogen (secondary N) is 1. The lowest BCUT2D eigenvalue weighted by molar-refractivity contribution is 0.135. The molecular weight excluding hydrogens is 222 g/mol. The summed E-state index contributed by atoms with van der Waals surface area (Å²) in [6, 6.07) is 8.77. The van der Waals surface area contributed by atoms with Crippen molar-refractivity contribution in [2.45, 2.75) is 45.1 Å². The van der Waals surface area contributed by atoms with Crippen molar-refractivity contribution in [2.24, 2.45) is 0 Å². The van der Waals surface area contributed by atoms with E-state index in [1.54, 1.807) is 0 Å². The molecule has 2 nitrogen and oxygen atoms in total. The lowest BCUT2D eigenvalue weighted by Crippen LogP contribution is -2.22. The van der Waals surface area contributed by atoms with E-state index in [1.165, 1.54) is 17.7 Å². The number of rotatable bonds is 5. The summed E-state index contributed by atoms with van der Waals surface area (Å²) in [5.74, 6) is 0.644. The Morgan fingerprint density at radius 3 is 2.72 bits per heavy atom. The molecule has 2 heteroatoms. The molecule has 0 saturated carbocycles. The van der Waals surface area contributed by atoms with E-state index in [0.29, 0.717) is 12.0 Å². The van der Waals surface area contributed by atoms with Gasteiger partial charge >= 0.3 is 0 Å². The maximum absolute atomic E-state index is 5.54. The van der Waals surface area contributed by atoms with E-state index in [-0.39, 0.29) is 0 Å². The van der Waals surface area contributed by atoms with E-state index < -0.39 is 0 Å². The van der Waals surface area contributed by atoms with Gasteiger partial charge in [-0.05, 0) is 49.0 Å². The van der Waals surface area contributed by atoms with Crippen molar-refractivity contribution in [1.29, 1.82) is 0 Å². The van der Waals surface area contributed by atoms with Crippen molar-refractivity contribution in [2.75, 3.05) is 11.9 Å². The second-order valence-corrected chi connectivity index (χ2v) is 5.02. The van der Waals surface area contributed by atoms with Crippen LogP contribution >= 0.6 is 0 Å². The molecule has 0 saturated heterocycles. The molecule has 1 aliphatic heterocycles. The fourth-order valence-corrected chi connectivity index (χ4v) is 2.13. The summed E-state index contributed by atoms with van der Waals surface area (Å²) in [6.07, 6.45) is 7.63. The zero-order valence-corrected chi connectivity index (χ0v) is 11.4. The van der Waals surface area contributed by atoms with Crippen LogP contribution in [0.15, 0.2) is 36.6 Å². The Kier molecular flexibility index (Phi) is 4.68. The molecule has 0 amide bonds. The van der Waals surface area contributed by atoms with Crippen molar-refractivity contribution in [1.82, 2.24) is 0 Å². The summed E-state index contributed by atoms with van der Waals surface area (Å²) in [4.78, 5) is 0. The largest absolute Gasteiger partial charge is 0.497 e. The van der Waals surface area contributed by atoms with E-state index >= 15 is 0 Å². The van der Waals surface area contributed by atoms with Crippen LogP contribution in [-0.2, 0) is 4.74 Å². The lowest BCUT2D eigenvalue weighted by atomic mass is 9.98. The molecule has 98 valence electrons. The molecule has 18 heavy (non-hydrogen) atoms. The predicted molar refractivity (Wildman–Crippen MR) is 76.9 cm³/mol. The Bertz CT molecular complexity index is 383. The van der Waals surface area contributed by atoms with Crippen LogP contribution in [-0.4, -0.2) is 12.6 Å². The van der Waals surface area contributed by atoms with Crippen molar-refractivity contribution in [3.05, 3.63) is 42.2 Å². The van der Waals surface area contributed by atoms with E-state index in [9.17, 15) is 0 Å². The first-order chi connectivity index (χ1) is 8.79. The molecule has 0 spiro atoms. The van der Waals surface area contributed by atoms with Crippen LogP contribution in [0.2, 0.25) is 0 Å². The highest BCUT2D eigenvalue weighted by molar-refractivity contribution is 5.45. The van der Waals surface area contributed by atoms with Crippen molar-refractivity contribution >= 4 is 5.69 Å². The van der Waals surface area contributed by atoms with Crippen LogP contribution in [0.5, 0.6) is 0 Å². The van der Waals surface area contributed by atoms with Gasteiger partial charge in [-0.2, -0.15) is 0 Å². The van der Waals surface area contributed by atoms with Crippen LogP contribution in [0, 0.1) is 0 Å². The Morgan fingerprint density at radius 1 is 1.33 bits per heavy atom. The second-order valence-electron chi connectivity index (χ2n) is 5.02. The minimum atomic E-state index is 0.309. The van der Waals surface area contributed by atoms with E-state index in [1.807, 2.05) is 6.26 Å². The van der Waals surface area contributed by atoms with E-state index in [4.69, 9.17) is 4.74 Å². The van der Waals surface area contributed by atoms with Gasteiger partial charge in [-0.3, -0.25) is 0 Å². The average molecular weight is 245 g/mol. The minimum absolute atomic E-state index is 0.309. The van der Waals surface area contributed by atoms with Gasteiger partial charge < -0.3 is 10.1 Å². The van der Waals surface area contributed by atoms with Crippen LogP contribution in [0.3, 0.4) is 0 Å². The summed E-state index contributed by atoms with van der Waals surface area (Å²) in [6.45, 7) is 5.38. The maximum atomic E-state index is 5.54. The number of anilines is 1. The third-order valence-corrected chi connectivity index (χ3v) is 3.65. The predicted octanol–water partition coefficient (Wildman–Crippen LogP) is 4.30. The molecule has 0 aliphatic carbocycles. The number of hydrogen-bond donors (Lipinski definition) is 1. The van der Waals surface area contributed by atoms with Crippen LogP contribution in [0.25, 0.3) is 0 Å². The summed E-state index contributed by atoms with van der Waals surface area (Å²) < 4.78 is 5.54. The molecular formula is C16H23NO. The number of benzene rings is 1. The van der Waals surface area contributed by atoms with Gasteiger partial charge in [0.15, 0.2) is 0 Å². The highest BCUT2D eigenvalue weighted by atomic mass is 16.5. The monoisotopic (exact) mass is 245 g/mol. The first-order valence-electron chi connectivity index (χ1n) is 6.94. The molecule has 1 aliphatic rings. The fourth-order valence-electron chi connectivity index (χ4n) is 2.13. The topological polar surface area (TPSA) is 21.3 Å². The summed E-state index contributed by atoms with van der Waals surface area (Å²) in [5, 5.41) is 3.44. The van der Waals surface area contributed by atoms with Gasteiger partial charge in [-0.1, -0.05) is 26.0 Å². The van der Waals surface area contributed by atoms with Gasteiger partial charge in [0.25, 0.3) is 0 Å². The third-order valence-electron chi connectivity index (χ3n) is 3.65. The number of hydrogen-bond acceptors (Lipinski definition) is 2. The molecule has 1 N–H and O–H groups in total. The van der Waals surface area contributed by atoms with Crippen LogP contribution in [0.4, 0.5) is 5.69 Å². The first-order valence-corrected chi connectivity index (χ1v) is 6.94. The highest BCUT2D eigenvalue weighted by Gasteiger charge is 2.10. The number of allylic oxidation sites excluding steroid dienone is 1. The average Bonchev–Trinajstić information content (AvgIpc) is 2.46. The second kappa shape index (κ2) is 6.48. The molecule has 0 fully saturated rings.